The van der Waals surface area contributed by atoms with Gasteiger partial charge in [0.15, 0.2) is 0 Å². The van der Waals surface area contributed by atoms with Gasteiger partial charge in [-0.25, -0.2) is 0 Å². The fraction of sp³-hybridized carbons (Fsp3) is 0.524. The summed E-state index contributed by atoms with van der Waals surface area (Å²) in [7, 11) is 1.70. The molecule has 1 N–H and O–H groups in total. The molecule has 1 fully saturated rings. The van der Waals surface area contributed by atoms with Gasteiger partial charge < -0.3 is 14.3 Å². The summed E-state index contributed by atoms with van der Waals surface area (Å²) < 4.78 is 11.2. The maximum Gasteiger partial charge on any atom is 0.119 e. The number of aliphatic hydroxyl groups is 1. The van der Waals surface area contributed by atoms with Crippen molar-refractivity contribution in [1.82, 2.24) is 9.80 Å². The highest BCUT2D eigenvalue weighted by atomic mass is 16.5. The first kappa shape index (κ1) is 19.0. The van der Waals surface area contributed by atoms with Crippen molar-refractivity contribution >= 4 is 0 Å². The zero-order chi connectivity index (χ0) is 18.4. The monoisotopic (exact) mass is 358 g/mol. The van der Waals surface area contributed by atoms with Crippen LogP contribution in [0.4, 0.5) is 0 Å². The molecule has 142 valence electrons. The van der Waals surface area contributed by atoms with Crippen LogP contribution in [0.25, 0.3) is 0 Å². The SMILES string of the molecule is CCc1ccc(CN2CCN(Cc3cccc(OC)c3)[C@@H](CCO)C2)o1. The van der Waals surface area contributed by atoms with E-state index in [0.717, 1.165) is 62.8 Å². The van der Waals surface area contributed by atoms with Gasteiger partial charge in [-0.05, 0) is 36.2 Å². The van der Waals surface area contributed by atoms with Crippen molar-refractivity contribution < 1.29 is 14.3 Å². The van der Waals surface area contributed by atoms with E-state index in [4.69, 9.17) is 9.15 Å². The summed E-state index contributed by atoms with van der Waals surface area (Å²) >= 11 is 0. The number of nitrogens with zero attached hydrogens (tertiary/aromatic N) is 2. The summed E-state index contributed by atoms with van der Waals surface area (Å²) in [5.41, 5.74) is 1.25. The van der Waals surface area contributed by atoms with E-state index in [-0.39, 0.29) is 6.61 Å². The summed E-state index contributed by atoms with van der Waals surface area (Å²) in [6.07, 6.45) is 1.72. The van der Waals surface area contributed by atoms with E-state index in [0.29, 0.717) is 6.04 Å². The van der Waals surface area contributed by atoms with Crippen LogP contribution in [0.15, 0.2) is 40.8 Å². The van der Waals surface area contributed by atoms with Gasteiger partial charge in [0.1, 0.15) is 17.3 Å². The fourth-order valence-electron chi connectivity index (χ4n) is 3.65. The van der Waals surface area contributed by atoms with E-state index in [1.165, 1.54) is 5.56 Å². The molecule has 5 heteroatoms. The van der Waals surface area contributed by atoms with Gasteiger partial charge in [0.05, 0.1) is 13.7 Å². The molecule has 3 rings (SSSR count). The van der Waals surface area contributed by atoms with Crippen LogP contribution < -0.4 is 4.74 Å². The normalized spacial score (nSPS) is 19.0. The second kappa shape index (κ2) is 9.21. The minimum absolute atomic E-state index is 0.216. The Labute approximate surface area is 156 Å². The lowest BCUT2D eigenvalue weighted by Gasteiger charge is -2.41. The predicted octanol–water partition coefficient (Wildman–Crippen LogP) is 2.92. The Morgan fingerprint density at radius 1 is 1.15 bits per heavy atom. The molecular weight excluding hydrogens is 328 g/mol. The molecule has 1 aromatic heterocycles. The van der Waals surface area contributed by atoms with Crippen molar-refractivity contribution in [3.05, 3.63) is 53.5 Å². The molecule has 0 radical (unpaired) electrons. The summed E-state index contributed by atoms with van der Waals surface area (Å²) in [5.74, 6) is 2.97. The van der Waals surface area contributed by atoms with Crippen LogP contribution in [-0.4, -0.2) is 54.3 Å². The van der Waals surface area contributed by atoms with Crippen molar-refractivity contribution in [2.75, 3.05) is 33.4 Å². The summed E-state index contributed by atoms with van der Waals surface area (Å²) in [5, 5.41) is 9.51. The Kier molecular flexibility index (Phi) is 6.72. The van der Waals surface area contributed by atoms with Gasteiger partial charge in [-0.2, -0.15) is 0 Å². The van der Waals surface area contributed by atoms with Crippen molar-refractivity contribution in [3.8, 4) is 5.75 Å². The Bertz CT molecular complexity index is 685. The molecule has 1 aromatic carbocycles. The molecule has 2 aromatic rings. The van der Waals surface area contributed by atoms with Crippen LogP contribution in [-0.2, 0) is 19.5 Å². The number of ether oxygens (including phenoxy) is 1. The lowest BCUT2D eigenvalue weighted by molar-refractivity contribution is 0.0466. The maximum absolute atomic E-state index is 9.51. The third kappa shape index (κ3) is 4.87. The molecule has 0 unspecified atom stereocenters. The summed E-state index contributed by atoms with van der Waals surface area (Å²) in [4.78, 5) is 4.90. The smallest absolute Gasteiger partial charge is 0.119 e. The van der Waals surface area contributed by atoms with Crippen molar-refractivity contribution in [1.29, 1.82) is 0 Å². The number of hydrogen-bond donors (Lipinski definition) is 1. The first-order valence-electron chi connectivity index (χ1n) is 9.49. The van der Waals surface area contributed by atoms with Crippen LogP contribution >= 0.6 is 0 Å². The van der Waals surface area contributed by atoms with Crippen LogP contribution in [0.3, 0.4) is 0 Å². The van der Waals surface area contributed by atoms with E-state index >= 15 is 0 Å². The molecule has 2 heterocycles. The largest absolute Gasteiger partial charge is 0.497 e. The first-order valence-corrected chi connectivity index (χ1v) is 9.49. The average molecular weight is 358 g/mol. The molecular formula is C21H30N2O3. The zero-order valence-electron chi connectivity index (χ0n) is 15.9. The summed E-state index contributed by atoms with van der Waals surface area (Å²) in [6.45, 7) is 7.00. The third-order valence-electron chi connectivity index (χ3n) is 5.12. The Balaban J connectivity index is 1.61. The Morgan fingerprint density at radius 3 is 2.73 bits per heavy atom. The minimum atomic E-state index is 0.216. The zero-order valence-corrected chi connectivity index (χ0v) is 15.9. The topological polar surface area (TPSA) is 49.1 Å². The number of furan rings is 1. The molecule has 5 nitrogen and oxygen atoms in total. The van der Waals surface area contributed by atoms with E-state index in [1.54, 1.807) is 7.11 Å². The predicted molar refractivity (Wildman–Crippen MR) is 102 cm³/mol. The molecule has 0 amide bonds. The van der Waals surface area contributed by atoms with E-state index in [1.807, 2.05) is 12.1 Å². The van der Waals surface area contributed by atoms with Gasteiger partial charge in [0.2, 0.25) is 0 Å². The van der Waals surface area contributed by atoms with Gasteiger partial charge in [0, 0.05) is 45.2 Å². The molecule has 0 bridgehead atoms. The van der Waals surface area contributed by atoms with E-state index in [9.17, 15) is 5.11 Å². The maximum atomic E-state index is 9.51. The molecule has 0 saturated carbocycles. The molecule has 26 heavy (non-hydrogen) atoms. The highest BCUT2D eigenvalue weighted by molar-refractivity contribution is 5.28. The Hall–Kier alpha value is -1.82. The van der Waals surface area contributed by atoms with Crippen LogP contribution in [0.2, 0.25) is 0 Å². The first-order chi connectivity index (χ1) is 12.7. The Morgan fingerprint density at radius 2 is 2.00 bits per heavy atom. The van der Waals surface area contributed by atoms with Gasteiger partial charge in [-0.3, -0.25) is 9.80 Å². The van der Waals surface area contributed by atoms with E-state index in [2.05, 4.69) is 41.0 Å². The molecule has 1 aliphatic rings. The second-order valence-electron chi connectivity index (χ2n) is 6.94. The second-order valence-corrected chi connectivity index (χ2v) is 6.94. The minimum Gasteiger partial charge on any atom is -0.497 e. The van der Waals surface area contributed by atoms with Gasteiger partial charge in [0.25, 0.3) is 0 Å². The lowest BCUT2D eigenvalue weighted by atomic mass is 10.1. The van der Waals surface area contributed by atoms with Crippen molar-refractivity contribution in [3.63, 3.8) is 0 Å². The highest BCUT2D eigenvalue weighted by Gasteiger charge is 2.27. The molecule has 1 aliphatic heterocycles. The third-order valence-corrected chi connectivity index (χ3v) is 5.12. The van der Waals surface area contributed by atoms with Gasteiger partial charge in [-0.1, -0.05) is 19.1 Å². The molecule has 1 atom stereocenters. The lowest BCUT2D eigenvalue weighted by Crippen LogP contribution is -2.52. The van der Waals surface area contributed by atoms with Crippen LogP contribution in [0.5, 0.6) is 5.75 Å². The number of piperazine rings is 1. The molecule has 0 spiro atoms. The number of benzene rings is 1. The fourth-order valence-corrected chi connectivity index (χ4v) is 3.65. The number of rotatable bonds is 8. The number of aryl methyl sites for hydroxylation is 1. The standard InChI is InChI=1S/C21H30N2O3/c1-3-19-7-8-21(26-19)16-22-10-11-23(18(15-22)9-12-24)14-17-5-4-6-20(13-17)25-2/h4-8,13,18,24H,3,9-12,14-16H2,1-2H3/t18-/m0/s1. The molecule has 0 aliphatic carbocycles. The van der Waals surface area contributed by atoms with Gasteiger partial charge in [-0.15, -0.1) is 0 Å². The van der Waals surface area contributed by atoms with E-state index < -0.39 is 0 Å². The number of aliphatic hydroxyl groups excluding tert-OH is 1. The molecule has 1 saturated heterocycles. The van der Waals surface area contributed by atoms with Crippen LogP contribution in [0.1, 0.15) is 30.4 Å². The number of methoxy groups -OCH3 is 1. The average Bonchev–Trinajstić information content (AvgIpc) is 3.12. The highest BCUT2D eigenvalue weighted by Crippen LogP contribution is 2.21. The van der Waals surface area contributed by atoms with Crippen LogP contribution in [0, 0.1) is 0 Å². The summed E-state index contributed by atoms with van der Waals surface area (Å²) in [6, 6.07) is 12.7. The quantitative estimate of drug-likeness (QED) is 0.786. The van der Waals surface area contributed by atoms with Gasteiger partial charge >= 0.3 is 0 Å². The van der Waals surface area contributed by atoms with Crippen molar-refractivity contribution in [2.24, 2.45) is 0 Å². The number of hydrogen-bond acceptors (Lipinski definition) is 5. The van der Waals surface area contributed by atoms with Crippen molar-refractivity contribution in [2.45, 2.75) is 38.9 Å².